The lowest BCUT2D eigenvalue weighted by atomic mass is 10.0. The van der Waals surface area contributed by atoms with Gasteiger partial charge in [-0.25, -0.2) is 4.68 Å². The first-order valence-electron chi connectivity index (χ1n) is 12.1. The van der Waals surface area contributed by atoms with E-state index in [9.17, 15) is 4.79 Å². The SMILES string of the molecule is Cc1cccc(-c2nn(-c3ccccc3)cc2C(=O)N2CCN(CCN3CCCC3)CC2)c1. The Hall–Kier alpha value is -2.96. The van der Waals surface area contributed by atoms with E-state index in [1.165, 1.54) is 25.9 Å². The smallest absolute Gasteiger partial charge is 0.257 e. The van der Waals surface area contributed by atoms with Crippen molar-refractivity contribution in [1.82, 2.24) is 24.5 Å². The summed E-state index contributed by atoms with van der Waals surface area (Å²) >= 11 is 0. The molecule has 2 aliphatic heterocycles. The van der Waals surface area contributed by atoms with Gasteiger partial charge in [0.1, 0.15) is 5.69 Å². The van der Waals surface area contributed by atoms with Gasteiger partial charge in [0.25, 0.3) is 5.91 Å². The van der Waals surface area contributed by atoms with E-state index in [2.05, 4.69) is 28.9 Å². The number of nitrogens with zero attached hydrogens (tertiary/aromatic N) is 5. The number of para-hydroxylation sites is 1. The molecule has 3 aromatic rings. The molecule has 1 amide bonds. The lowest BCUT2D eigenvalue weighted by Crippen LogP contribution is -2.50. The summed E-state index contributed by atoms with van der Waals surface area (Å²) in [5.74, 6) is 0.0767. The molecule has 6 heteroatoms. The number of hydrogen-bond donors (Lipinski definition) is 0. The van der Waals surface area contributed by atoms with Crippen LogP contribution in [0, 0.1) is 6.92 Å². The molecular weight excluding hydrogens is 410 g/mol. The van der Waals surface area contributed by atoms with Gasteiger partial charge in [0.15, 0.2) is 0 Å². The summed E-state index contributed by atoms with van der Waals surface area (Å²) in [4.78, 5) is 20.7. The number of carbonyl (C=O) groups excluding carboxylic acids is 1. The van der Waals surface area contributed by atoms with Crippen LogP contribution in [0.5, 0.6) is 0 Å². The zero-order chi connectivity index (χ0) is 22.6. The Morgan fingerprint density at radius 3 is 2.24 bits per heavy atom. The van der Waals surface area contributed by atoms with Crippen molar-refractivity contribution in [3.8, 4) is 16.9 Å². The Balaban J connectivity index is 1.33. The molecule has 3 heterocycles. The predicted molar refractivity (Wildman–Crippen MR) is 132 cm³/mol. The summed E-state index contributed by atoms with van der Waals surface area (Å²) in [7, 11) is 0. The Labute approximate surface area is 196 Å². The van der Waals surface area contributed by atoms with Crippen molar-refractivity contribution in [3.63, 3.8) is 0 Å². The number of aromatic nitrogens is 2. The van der Waals surface area contributed by atoms with Gasteiger partial charge in [-0.2, -0.15) is 5.10 Å². The van der Waals surface area contributed by atoms with Crippen LogP contribution in [0.25, 0.3) is 16.9 Å². The normalized spacial score (nSPS) is 17.5. The average molecular weight is 444 g/mol. The number of carbonyl (C=O) groups is 1. The second kappa shape index (κ2) is 9.89. The van der Waals surface area contributed by atoms with Crippen LogP contribution in [0.2, 0.25) is 0 Å². The van der Waals surface area contributed by atoms with Gasteiger partial charge in [-0.3, -0.25) is 9.69 Å². The van der Waals surface area contributed by atoms with Gasteiger partial charge in [0, 0.05) is 51.0 Å². The van der Waals surface area contributed by atoms with Gasteiger partial charge in [-0.05, 0) is 51.1 Å². The summed E-state index contributed by atoms with van der Waals surface area (Å²) in [6, 6.07) is 18.2. The van der Waals surface area contributed by atoms with E-state index in [0.717, 1.165) is 61.8 Å². The van der Waals surface area contributed by atoms with Crippen LogP contribution >= 0.6 is 0 Å². The van der Waals surface area contributed by atoms with Crippen molar-refractivity contribution in [1.29, 1.82) is 0 Å². The Morgan fingerprint density at radius 1 is 0.848 bits per heavy atom. The molecular formula is C27H33N5O. The molecule has 0 radical (unpaired) electrons. The van der Waals surface area contributed by atoms with Crippen LogP contribution in [0.1, 0.15) is 28.8 Å². The minimum absolute atomic E-state index is 0.0767. The first-order chi connectivity index (χ1) is 16.2. The lowest BCUT2D eigenvalue weighted by Gasteiger charge is -2.35. The third-order valence-electron chi connectivity index (χ3n) is 6.85. The highest BCUT2D eigenvalue weighted by molar-refractivity contribution is 6.00. The maximum atomic E-state index is 13.6. The van der Waals surface area contributed by atoms with Crippen molar-refractivity contribution < 1.29 is 4.79 Å². The number of amides is 1. The fraction of sp³-hybridized carbons (Fsp3) is 0.407. The first-order valence-corrected chi connectivity index (χ1v) is 12.1. The third kappa shape index (κ3) is 5.02. The molecule has 0 aliphatic carbocycles. The quantitative estimate of drug-likeness (QED) is 0.583. The molecule has 0 spiro atoms. The highest BCUT2D eigenvalue weighted by Crippen LogP contribution is 2.26. The number of hydrogen-bond acceptors (Lipinski definition) is 4. The van der Waals surface area contributed by atoms with Crippen LogP contribution in [0.4, 0.5) is 0 Å². The number of rotatable bonds is 6. The van der Waals surface area contributed by atoms with Crippen LogP contribution in [0.3, 0.4) is 0 Å². The van der Waals surface area contributed by atoms with Crippen molar-refractivity contribution in [2.24, 2.45) is 0 Å². The fourth-order valence-electron chi connectivity index (χ4n) is 4.88. The third-order valence-corrected chi connectivity index (χ3v) is 6.85. The van der Waals surface area contributed by atoms with E-state index < -0.39 is 0 Å². The average Bonchev–Trinajstić information content (AvgIpc) is 3.54. The Bertz CT molecular complexity index is 1080. The molecule has 2 saturated heterocycles. The van der Waals surface area contributed by atoms with Crippen LogP contribution < -0.4 is 0 Å². The maximum absolute atomic E-state index is 13.6. The van der Waals surface area contributed by atoms with Gasteiger partial charge in [-0.15, -0.1) is 0 Å². The number of benzene rings is 2. The van der Waals surface area contributed by atoms with Crippen LogP contribution in [-0.2, 0) is 0 Å². The van der Waals surface area contributed by atoms with Gasteiger partial charge in [0.05, 0.1) is 11.3 Å². The minimum Gasteiger partial charge on any atom is -0.336 e. The molecule has 0 unspecified atom stereocenters. The Morgan fingerprint density at radius 2 is 1.55 bits per heavy atom. The summed E-state index contributed by atoms with van der Waals surface area (Å²) in [5.41, 5.74) is 4.53. The Kier molecular flexibility index (Phi) is 6.55. The highest BCUT2D eigenvalue weighted by Gasteiger charge is 2.27. The monoisotopic (exact) mass is 443 g/mol. The van der Waals surface area contributed by atoms with Gasteiger partial charge < -0.3 is 9.80 Å². The fourth-order valence-corrected chi connectivity index (χ4v) is 4.88. The minimum atomic E-state index is 0.0767. The highest BCUT2D eigenvalue weighted by atomic mass is 16.2. The molecule has 0 bridgehead atoms. The molecule has 5 rings (SSSR count). The second-order valence-corrected chi connectivity index (χ2v) is 9.22. The van der Waals surface area contributed by atoms with Crippen LogP contribution in [0.15, 0.2) is 60.8 Å². The first kappa shape index (κ1) is 21.9. The molecule has 172 valence electrons. The van der Waals surface area contributed by atoms with Gasteiger partial charge in [-0.1, -0.05) is 42.0 Å². The van der Waals surface area contributed by atoms with E-state index >= 15 is 0 Å². The second-order valence-electron chi connectivity index (χ2n) is 9.22. The maximum Gasteiger partial charge on any atom is 0.257 e. The molecule has 6 nitrogen and oxygen atoms in total. The van der Waals surface area contributed by atoms with E-state index in [-0.39, 0.29) is 5.91 Å². The standard InChI is InChI=1S/C27H33N5O/c1-22-8-7-9-23(20-22)26-25(21-32(28-26)24-10-3-2-4-11-24)27(33)31-18-16-30(17-19-31)15-14-29-12-5-6-13-29/h2-4,7-11,20-21H,5-6,12-19H2,1H3. The van der Waals surface area contributed by atoms with Crippen LogP contribution in [-0.4, -0.2) is 82.7 Å². The van der Waals surface area contributed by atoms with Crippen molar-refractivity contribution in [2.75, 3.05) is 52.4 Å². The van der Waals surface area contributed by atoms with E-state index in [1.807, 2.05) is 58.2 Å². The predicted octanol–water partition coefficient (Wildman–Crippen LogP) is 3.70. The molecule has 2 fully saturated rings. The van der Waals surface area contributed by atoms with E-state index in [4.69, 9.17) is 5.10 Å². The topological polar surface area (TPSA) is 44.6 Å². The molecule has 1 aromatic heterocycles. The zero-order valence-electron chi connectivity index (χ0n) is 19.5. The van der Waals surface area contributed by atoms with Crippen molar-refractivity contribution in [3.05, 3.63) is 71.9 Å². The number of aryl methyl sites for hydroxylation is 1. The zero-order valence-corrected chi connectivity index (χ0v) is 19.5. The molecule has 0 atom stereocenters. The lowest BCUT2D eigenvalue weighted by molar-refractivity contribution is 0.0627. The molecule has 0 saturated carbocycles. The van der Waals surface area contributed by atoms with Gasteiger partial charge in [0.2, 0.25) is 0 Å². The molecule has 33 heavy (non-hydrogen) atoms. The van der Waals surface area contributed by atoms with E-state index in [0.29, 0.717) is 5.56 Å². The van der Waals surface area contributed by atoms with E-state index in [1.54, 1.807) is 0 Å². The summed E-state index contributed by atoms with van der Waals surface area (Å²) in [6.07, 6.45) is 4.57. The number of piperazine rings is 1. The summed E-state index contributed by atoms with van der Waals surface area (Å²) in [6.45, 7) is 10.2. The summed E-state index contributed by atoms with van der Waals surface area (Å²) in [5, 5.41) is 4.85. The van der Waals surface area contributed by atoms with Gasteiger partial charge >= 0.3 is 0 Å². The molecule has 2 aliphatic rings. The molecule has 0 N–H and O–H groups in total. The summed E-state index contributed by atoms with van der Waals surface area (Å²) < 4.78 is 1.83. The largest absolute Gasteiger partial charge is 0.336 e. The van der Waals surface area contributed by atoms with Crippen molar-refractivity contribution in [2.45, 2.75) is 19.8 Å². The molecule has 2 aromatic carbocycles. The number of likely N-dealkylation sites (tertiary alicyclic amines) is 1. The van der Waals surface area contributed by atoms with Crippen molar-refractivity contribution >= 4 is 5.91 Å².